The molecule has 0 aliphatic carbocycles. The number of carbonyl (C=O) groups excluding carboxylic acids is 2. The van der Waals surface area contributed by atoms with E-state index in [1.807, 2.05) is 37.3 Å². The molecule has 130 valence electrons. The average Bonchev–Trinajstić information content (AvgIpc) is 2.67. The van der Waals surface area contributed by atoms with Crippen molar-refractivity contribution in [1.82, 2.24) is 4.90 Å². The van der Waals surface area contributed by atoms with E-state index in [2.05, 4.69) is 17.0 Å². The predicted octanol–water partition coefficient (Wildman–Crippen LogP) is 2.50. The predicted molar refractivity (Wildman–Crippen MR) is 96.7 cm³/mol. The van der Waals surface area contributed by atoms with Gasteiger partial charge in [0, 0.05) is 31.9 Å². The Morgan fingerprint density at radius 3 is 2.24 bits per heavy atom. The highest BCUT2D eigenvalue weighted by Crippen LogP contribution is 2.15. The molecule has 0 aromatic heterocycles. The Labute approximate surface area is 147 Å². The SMILES string of the molecule is Cc1ccccc1C(=O)OCC(=O)N1CCN(c2ccccc2)CC1. The summed E-state index contributed by atoms with van der Waals surface area (Å²) in [5.74, 6) is -0.594. The fourth-order valence-corrected chi connectivity index (χ4v) is 2.95. The third kappa shape index (κ3) is 4.18. The summed E-state index contributed by atoms with van der Waals surface area (Å²) in [4.78, 5) is 28.4. The number of ether oxygens (including phenoxy) is 1. The lowest BCUT2D eigenvalue weighted by Gasteiger charge is -2.36. The summed E-state index contributed by atoms with van der Waals surface area (Å²) in [6.45, 7) is 4.47. The van der Waals surface area contributed by atoms with Crippen LogP contribution >= 0.6 is 0 Å². The van der Waals surface area contributed by atoms with Crippen LogP contribution < -0.4 is 4.90 Å². The smallest absolute Gasteiger partial charge is 0.338 e. The van der Waals surface area contributed by atoms with Gasteiger partial charge in [-0.2, -0.15) is 0 Å². The summed E-state index contributed by atoms with van der Waals surface area (Å²) in [7, 11) is 0. The highest BCUT2D eigenvalue weighted by atomic mass is 16.5. The molecule has 0 saturated carbocycles. The normalized spacial score (nSPS) is 14.3. The van der Waals surface area contributed by atoms with E-state index in [1.54, 1.807) is 17.0 Å². The zero-order chi connectivity index (χ0) is 17.6. The Morgan fingerprint density at radius 2 is 1.56 bits per heavy atom. The molecule has 1 saturated heterocycles. The van der Waals surface area contributed by atoms with Gasteiger partial charge in [-0.05, 0) is 30.7 Å². The summed E-state index contributed by atoms with van der Waals surface area (Å²) in [5.41, 5.74) is 2.52. The fourth-order valence-electron chi connectivity index (χ4n) is 2.95. The summed E-state index contributed by atoms with van der Waals surface area (Å²) in [6, 6.07) is 17.4. The van der Waals surface area contributed by atoms with Gasteiger partial charge in [0.05, 0.1) is 5.56 Å². The van der Waals surface area contributed by atoms with Crippen molar-refractivity contribution in [2.24, 2.45) is 0 Å². The van der Waals surface area contributed by atoms with E-state index in [4.69, 9.17) is 4.74 Å². The molecule has 0 unspecified atom stereocenters. The lowest BCUT2D eigenvalue weighted by atomic mass is 10.1. The van der Waals surface area contributed by atoms with Crippen molar-refractivity contribution in [3.63, 3.8) is 0 Å². The van der Waals surface area contributed by atoms with Crippen molar-refractivity contribution in [3.8, 4) is 0 Å². The number of nitrogens with zero attached hydrogens (tertiary/aromatic N) is 2. The third-order valence-corrected chi connectivity index (χ3v) is 4.45. The molecular weight excluding hydrogens is 316 g/mol. The van der Waals surface area contributed by atoms with Crippen LogP contribution in [-0.4, -0.2) is 49.6 Å². The van der Waals surface area contributed by atoms with E-state index in [0.29, 0.717) is 18.7 Å². The molecule has 1 fully saturated rings. The maximum Gasteiger partial charge on any atom is 0.338 e. The maximum atomic E-state index is 12.3. The van der Waals surface area contributed by atoms with Gasteiger partial charge in [0.1, 0.15) is 0 Å². The third-order valence-electron chi connectivity index (χ3n) is 4.45. The molecule has 0 radical (unpaired) electrons. The van der Waals surface area contributed by atoms with Gasteiger partial charge in [0.25, 0.3) is 5.91 Å². The Kier molecular flexibility index (Phi) is 5.33. The molecule has 2 aromatic rings. The quantitative estimate of drug-likeness (QED) is 0.804. The number of carbonyl (C=O) groups is 2. The van der Waals surface area contributed by atoms with E-state index in [0.717, 1.165) is 18.7 Å². The van der Waals surface area contributed by atoms with Gasteiger partial charge in [-0.1, -0.05) is 36.4 Å². The van der Waals surface area contributed by atoms with Crippen molar-refractivity contribution in [2.45, 2.75) is 6.92 Å². The highest BCUT2D eigenvalue weighted by molar-refractivity contribution is 5.92. The van der Waals surface area contributed by atoms with Gasteiger partial charge in [-0.3, -0.25) is 4.79 Å². The van der Waals surface area contributed by atoms with Crippen molar-refractivity contribution >= 4 is 17.6 Å². The molecular formula is C20H22N2O3. The first kappa shape index (κ1) is 17.0. The molecule has 3 rings (SSSR count). The molecule has 1 aliphatic heterocycles. The number of anilines is 1. The van der Waals surface area contributed by atoms with E-state index in [9.17, 15) is 9.59 Å². The first-order chi connectivity index (χ1) is 12.1. The minimum Gasteiger partial charge on any atom is -0.452 e. The van der Waals surface area contributed by atoms with Gasteiger partial charge >= 0.3 is 5.97 Å². The van der Waals surface area contributed by atoms with Crippen LogP contribution in [0.25, 0.3) is 0 Å². The molecule has 2 aromatic carbocycles. The molecule has 0 bridgehead atoms. The summed E-state index contributed by atoms with van der Waals surface area (Å²) in [5, 5.41) is 0. The number of para-hydroxylation sites is 1. The molecule has 0 atom stereocenters. The van der Waals surface area contributed by atoms with Gasteiger partial charge in [0.2, 0.25) is 0 Å². The molecule has 1 heterocycles. The summed E-state index contributed by atoms with van der Waals surface area (Å²) < 4.78 is 5.19. The van der Waals surface area contributed by atoms with Gasteiger partial charge in [-0.15, -0.1) is 0 Å². The Morgan fingerprint density at radius 1 is 0.920 bits per heavy atom. The maximum absolute atomic E-state index is 12.3. The number of piperazine rings is 1. The number of hydrogen-bond acceptors (Lipinski definition) is 4. The van der Waals surface area contributed by atoms with Crippen LogP contribution in [0.4, 0.5) is 5.69 Å². The molecule has 0 spiro atoms. The van der Waals surface area contributed by atoms with E-state index in [1.165, 1.54) is 5.69 Å². The first-order valence-electron chi connectivity index (χ1n) is 8.45. The molecule has 25 heavy (non-hydrogen) atoms. The van der Waals surface area contributed by atoms with Crippen molar-refractivity contribution < 1.29 is 14.3 Å². The zero-order valence-corrected chi connectivity index (χ0v) is 14.4. The fraction of sp³-hybridized carbons (Fsp3) is 0.300. The van der Waals surface area contributed by atoms with Crippen LogP contribution in [0.3, 0.4) is 0 Å². The molecule has 1 aliphatic rings. The van der Waals surface area contributed by atoms with Gasteiger partial charge in [0.15, 0.2) is 6.61 Å². The zero-order valence-electron chi connectivity index (χ0n) is 14.4. The summed E-state index contributed by atoms with van der Waals surface area (Å²) >= 11 is 0. The number of hydrogen-bond donors (Lipinski definition) is 0. The first-order valence-corrected chi connectivity index (χ1v) is 8.45. The van der Waals surface area contributed by atoms with Crippen molar-refractivity contribution in [1.29, 1.82) is 0 Å². The van der Waals surface area contributed by atoms with Crippen LogP contribution in [0.1, 0.15) is 15.9 Å². The van der Waals surface area contributed by atoms with Crippen LogP contribution in [-0.2, 0) is 9.53 Å². The van der Waals surface area contributed by atoms with Gasteiger partial charge in [-0.25, -0.2) is 4.79 Å². The van der Waals surface area contributed by atoms with Crippen LogP contribution in [0.5, 0.6) is 0 Å². The number of aryl methyl sites for hydroxylation is 1. The lowest BCUT2D eigenvalue weighted by Crippen LogP contribution is -2.49. The molecule has 5 nitrogen and oxygen atoms in total. The van der Waals surface area contributed by atoms with Crippen molar-refractivity contribution in [2.75, 3.05) is 37.7 Å². The molecule has 5 heteroatoms. The van der Waals surface area contributed by atoms with Crippen LogP contribution in [0.15, 0.2) is 54.6 Å². The topological polar surface area (TPSA) is 49.9 Å². The number of esters is 1. The second kappa shape index (κ2) is 7.83. The number of rotatable bonds is 4. The van der Waals surface area contributed by atoms with Gasteiger partial charge < -0.3 is 14.5 Å². The number of amides is 1. The van der Waals surface area contributed by atoms with Crippen LogP contribution in [0.2, 0.25) is 0 Å². The average molecular weight is 338 g/mol. The minimum atomic E-state index is -0.450. The second-order valence-electron chi connectivity index (χ2n) is 6.09. The van der Waals surface area contributed by atoms with Crippen LogP contribution in [0, 0.1) is 6.92 Å². The highest BCUT2D eigenvalue weighted by Gasteiger charge is 2.22. The lowest BCUT2D eigenvalue weighted by molar-refractivity contribution is -0.134. The number of benzene rings is 2. The molecule has 1 amide bonds. The monoisotopic (exact) mass is 338 g/mol. The van der Waals surface area contributed by atoms with E-state index >= 15 is 0 Å². The van der Waals surface area contributed by atoms with Crippen molar-refractivity contribution in [3.05, 3.63) is 65.7 Å². The Hall–Kier alpha value is -2.82. The summed E-state index contributed by atoms with van der Waals surface area (Å²) in [6.07, 6.45) is 0. The second-order valence-corrected chi connectivity index (χ2v) is 6.09. The standard InChI is InChI=1S/C20H22N2O3/c1-16-7-5-6-10-18(16)20(24)25-15-19(23)22-13-11-21(12-14-22)17-8-3-2-4-9-17/h2-10H,11-15H2,1H3. The minimum absolute atomic E-state index is 0.144. The van der Waals surface area contributed by atoms with E-state index in [-0.39, 0.29) is 12.5 Å². The Balaban J connectivity index is 1.48. The largest absolute Gasteiger partial charge is 0.452 e. The van der Waals surface area contributed by atoms with E-state index < -0.39 is 5.97 Å². The Bertz CT molecular complexity index is 738. The molecule has 0 N–H and O–H groups in total.